The van der Waals surface area contributed by atoms with Gasteiger partial charge in [-0.25, -0.2) is 4.79 Å². The number of carbonyl (C=O) groups is 2. The lowest BCUT2D eigenvalue weighted by atomic mass is 9.78. The zero-order valence-electron chi connectivity index (χ0n) is 19.0. The van der Waals surface area contributed by atoms with Gasteiger partial charge in [-0.05, 0) is 49.1 Å². The van der Waals surface area contributed by atoms with Gasteiger partial charge in [-0.15, -0.1) is 0 Å². The number of aliphatic carboxylic acids is 1. The molecule has 172 valence electrons. The van der Waals surface area contributed by atoms with Gasteiger partial charge in [-0.3, -0.25) is 9.48 Å². The van der Waals surface area contributed by atoms with Crippen molar-refractivity contribution in [3.05, 3.63) is 41.7 Å². The summed E-state index contributed by atoms with van der Waals surface area (Å²) in [5, 5.41) is 13.7. The molecule has 2 fully saturated rings. The largest absolute Gasteiger partial charge is 0.481 e. The lowest BCUT2D eigenvalue weighted by Crippen LogP contribution is -2.35. The molecule has 0 bridgehead atoms. The summed E-state index contributed by atoms with van der Waals surface area (Å²) >= 11 is 0. The fourth-order valence-electron chi connectivity index (χ4n) is 5.20. The van der Waals surface area contributed by atoms with Crippen molar-refractivity contribution >= 4 is 12.1 Å². The molecule has 32 heavy (non-hydrogen) atoms. The first kappa shape index (κ1) is 22.4. The second-order valence-corrected chi connectivity index (χ2v) is 9.25. The first-order valence-corrected chi connectivity index (χ1v) is 11.7. The van der Waals surface area contributed by atoms with Gasteiger partial charge in [0.05, 0.1) is 17.8 Å². The molecule has 0 saturated heterocycles. The Morgan fingerprint density at radius 3 is 2.53 bits per heavy atom. The van der Waals surface area contributed by atoms with Crippen molar-refractivity contribution in [2.75, 3.05) is 7.05 Å². The van der Waals surface area contributed by atoms with Crippen LogP contribution in [0.15, 0.2) is 30.5 Å². The smallest absolute Gasteiger partial charge is 0.410 e. The molecule has 1 aromatic carbocycles. The van der Waals surface area contributed by atoms with Gasteiger partial charge >= 0.3 is 12.1 Å². The standard InChI is InChI=1S/C25H33N3O4/c1-27(21-8-3-4-9-21)25(31)32-16-23-22(15-26-28(23)2)18-12-10-17(11-13-18)19-6-5-7-20(14-19)24(29)30/h10-13,15,19-21H,3-9,14,16H2,1-2H3,(H,29,30)/t19?,20-/m0/s1. The number of rotatable bonds is 6. The third-order valence-electron chi connectivity index (χ3n) is 7.27. The molecule has 1 aromatic heterocycles. The highest BCUT2D eigenvalue weighted by Gasteiger charge is 2.28. The summed E-state index contributed by atoms with van der Waals surface area (Å²) in [7, 11) is 3.68. The second-order valence-electron chi connectivity index (χ2n) is 9.25. The van der Waals surface area contributed by atoms with Gasteiger partial charge in [-0.1, -0.05) is 43.5 Å². The van der Waals surface area contributed by atoms with Gasteiger partial charge in [0.25, 0.3) is 0 Å². The Morgan fingerprint density at radius 2 is 1.84 bits per heavy atom. The third kappa shape index (κ3) is 4.81. The fraction of sp³-hybridized carbons (Fsp3) is 0.560. The highest BCUT2D eigenvalue weighted by atomic mass is 16.6. The number of benzene rings is 1. The molecule has 0 aliphatic heterocycles. The van der Waals surface area contributed by atoms with Crippen molar-refractivity contribution in [1.29, 1.82) is 0 Å². The van der Waals surface area contributed by atoms with Crippen LogP contribution in [0.25, 0.3) is 11.1 Å². The number of carboxylic acids is 1. The summed E-state index contributed by atoms with van der Waals surface area (Å²) in [6.45, 7) is 0.173. The molecular formula is C25H33N3O4. The summed E-state index contributed by atoms with van der Waals surface area (Å²) in [5.41, 5.74) is 4.01. The van der Waals surface area contributed by atoms with Crippen LogP contribution in [0.2, 0.25) is 0 Å². The van der Waals surface area contributed by atoms with Gasteiger partial charge in [-0.2, -0.15) is 5.10 Å². The summed E-state index contributed by atoms with van der Waals surface area (Å²) < 4.78 is 7.38. The monoisotopic (exact) mass is 439 g/mol. The SMILES string of the molecule is CN(C(=O)OCc1c(-c2ccc(C3CCC[C@H](C(=O)O)C3)cc2)cnn1C)C1CCCC1. The summed E-state index contributed by atoms with van der Waals surface area (Å²) in [5.74, 6) is -0.630. The number of ether oxygens (including phenoxy) is 1. The molecule has 1 amide bonds. The van der Waals surface area contributed by atoms with Gasteiger partial charge < -0.3 is 14.7 Å². The van der Waals surface area contributed by atoms with Crippen LogP contribution >= 0.6 is 0 Å². The molecule has 2 aromatic rings. The topological polar surface area (TPSA) is 84.7 Å². The lowest BCUT2D eigenvalue weighted by Gasteiger charge is -2.27. The van der Waals surface area contributed by atoms with E-state index in [0.29, 0.717) is 12.3 Å². The van der Waals surface area contributed by atoms with Crippen molar-refractivity contribution in [2.24, 2.45) is 13.0 Å². The maximum Gasteiger partial charge on any atom is 0.410 e. The Kier molecular flexibility index (Phi) is 6.82. The average Bonchev–Trinajstić information content (AvgIpc) is 3.47. The van der Waals surface area contributed by atoms with E-state index in [4.69, 9.17) is 4.74 Å². The minimum absolute atomic E-state index is 0.173. The van der Waals surface area contributed by atoms with Crippen LogP contribution in [-0.2, 0) is 23.2 Å². The van der Waals surface area contributed by atoms with Crippen molar-refractivity contribution in [2.45, 2.75) is 69.9 Å². The van der Waals surface area contributed by atoms with E-state index in [9.17, 15) is 14.7 Å². The highest BCUT2D eigenvalue weighted by molar-refractivity contribution is 5.70. The molecule has 1 heterocycles. The molecule has 7 heteroatoms. The number of aromatic nitrogens is 2. The molecule has 0 spiro atoms. The van der Waals surface area contributed by atoms with Crippen LogP contribution < -0.4 is 0 Å². The molecule has 2 atom stereocenters. The Morgan fingerprint density at radius 1 is 1.12 bits per heavy atom. The van der Waals surface area contributed by atoms with Crippen LogP contribution in [0, 0.1) is 5.92 Å². The zero-order chi connectivity index (χ0) is 22.7. The summed E-state index contributed by atoms with van der Waals surface area (Å²) in [6, 6.07) is 8.60. The van der Waals surface area contributed by atoms with Crippen molar-refractivity contribution in [3.8, 4) is 11.1 Å². The van der Waals surface area contributed by atoms with Crippen LogP contribution in [-0.4, -0.2) is 44.9 Å². The van der Waals surface area contributed by atoms with Crippen LogP contribution in [0.5, 0.6) is 0 Å². The Balaban J connectivity index is 1.43. The van der Waals surface area contributed by atoms with E-state index in [1.54, 1.807) is 15.8 Å². The molecular weight excluding hydrogens is 406 g/mol. The number of amides is 1. The molecule has 2 aliphatic rings. The number of hydrogen-bond acceptors (Lipinski definition) is 4. The number of aryl methyl sites for hydroxylation is 1. The predicted octanol–water partition coefficient (Wildman–Crippen LogP) is 4.96. The van der Waals surface area contributed by atoms with Crippen molar-refractivity contribution < 1.29 is 19.4 Å². The lowest BCUT2D eigenvalue weighted by molar-refractivity contribution is -0.143. The first-order valence-electron chi connectivity index (χ1n) is 11.7. The summed E-state index contributed by atoms with van der Waals surface area (Å²) in [4.78, 5) is 25.6. The molecule has 4 rings (SSSR count). The normalized spacial score (nSPS) is 21.4. The van der Waals surface area contributed by atoms with Crippen LogP contribution in [0.4, 0.5) is 4.79 Å². The Bertz CT molecular complexity index is 947. The van der Waals surface area contributed by atoms with Gasteiger partial charge in [0, 0.05) is 25.7 Å². The average molecular weight is 440 g/mol. The molecule has 2 saturated carbocycles. The molecule has 0 radical (unpaired) electrons. The van der Waals surface area contributed by atoms with E-state index in [1.807, 2.05) is 14.1 Å². The number of carboxylic acid groups (broad SMARTS) is 1. The molecule has 1 unspecified atom stereocenters. The fourth-order valence-corrected chi connectivity index (χ4v) is 5.20. The highest BCUT2D eigenvalue weighted by Crippen LogP contribution is 2.37. The third-order valence-corrected chi connectivity index (χ3v) is 7.27. The molecule has 2 aliphatic carbocycles. The van der Waals surface area contributed by atoms with E-state index < -0.39 is 5.97 Å². The zero-order valence-corrected chi connectivity index (χ0v) is 19.0. The van der Waals surface area contributed by atoms with Crippen LogP contribution in [0.3, 0.4) is 0 Å². The molecule has 7 nitrogen and oxygen atoms in total. The maximum atomic E-state index is 12.5. The van der Waals surface area contributed by atoms with E-state index in [-0.39, 0.29) is 24.7 Å². The Labute approximate surface area is 189 Å². The van der Waals surface area contributed by atoms with Gasteiger partial charge in [0.2, 0.25) is 0 Å². The second kappa shape index (κ2) is 9.76. The van der Waals surface area contributed by atoms with E-state index in [1.165, 1.54) is 18.4 Å². The number of hydrogen-bond donors (Lipinski definition) is 1. The predicted molar refractivity (Wildman–Crippen MR) is 121 cm³/mol. The number of carbonyl (C=O) groups excluding carboxylic acids is 1. The summed E-state index contributed by atoms with van der Waals surface area (Å²) in [6.07, 6.45) is 9.41. The molecule has 1 N–H and O–H groups in total. The van der Waals surface area contributed by atoms with Gasteiger partial charge in [0.15, 0.2) is 0 Å². The van der Waals surface area contributed by atoms with Crippen molar-refractivity contribution in [3.63, 3.8) is 0 Å². The van der Waals surface area contributed by atoms with E-state index >= 15 is 0 Å². The number of nitrogens with zero attached hydrogens (tertiary/aromatic N) is 3. The Hall–Kier alpha value is -2.83. The van der Waals surface area contributed by atoms with Crippen LogP contribution in [0.1, 0.15) is 68.5 Å². The van der Waals surface area contributed by atoms with E-state index in [2.05, 4.69) is 29.4 Å². The minimum atomic E-state index is -0.681. The van der Waals surface area contributed by atoms with E-state index in [0.717, 1.165) is 48.9 Å². The van der Waals surface area contributed by atoms with Gasteiger partial charge in [0.1, 0.15) is 6.61 Å². The minimum Gasteiger partial charge on any atom is -0.481 e. The quantitative estimate of drug-likeness (QED) is 0.688. The maximum absolute atomic E-state index is 12.5. The van der Waals surface area contributed by atoms with Crippen molar-refractivity contribution in [1.82, 2.24) is 14.7 Å². The first-order chi connectivity index (χ1) is 15.4.